The Hall–Kier alpha value is -0.760. The molecule has 0 bridgehead atoms. The summed E-state index contributed by atoms with van der Waals surface area (Å²) in [5, 5.41) is 0. The molecule has 2 heteroatoms. The van der Waals surface area contributed by atoms with E-state index in [0.29, 0.717) is 12.0 Å². The van der Waals surface area contributed by atoms with Crippen molar-refractivity contribution in [1.29, 1.82) is 0 Å². The number of halogens is 1. The number of fused-ring (bicyclic) bond motifs is 2. The average Bonchev–Trinajstić information content (AvgIpc) is 2.31. The van der Waals surface area contributed by atoms with E-state index >= 15 is 0 Å². The molecule has 1 nitrogen and oxygen atoms in total. The van der Waals surface area contributed by atoms with Gasteiger partial charge in [0.25, 0.3) is 0 Å². The molecule has 0 radical (unpaired) electrons. The molecule has 0 amide bonds. The minimum atomic E-state index is 0.370. The van der Waals surface area contributed by atoms with Crippen LogP contribution in [-0.4, -0.2) is 6.10 Å². The fraction of sp³-hybridized carbons (Fsp3) is 0.429. The van der Waals surface area contributed by atoms with E-state index in [-0.39, 0.29) is 0 Å². The van der Waals surface area contributed by atoms with Crippen molar-refractivity contribution >= 4 is 21.5 Å². The molecular formula is C14H15BrO. The minimum absolute atomic E-state index is 0.370. The van der Waals surface area contributed by atoms with Gasteiger partial charge >= 0.3 is 0 Å². The van der Waals surface area contributed by atoms with Crippen molar-refractivity contribution in [2.45, 2.75) is 31.8 Å². The SMILES string of the molecule is C=C1c2cc(Br)ccc2OC2CCCCC12. The molecule has 1 aromatic carbocycles. The number of rotatable bonds is 0. The molecule has 0 saturated heterocycles. The first-order valence-electron chi connectivity index (χ1n) is 5.91. The third-order valence-corrected chi connectivity index (χ3v) is 4.21. The highest BCUT2D eigenvalue weighted by Crippen LogP contribution is 2.44. The van der Waals surface area contributed by atoms with Gasteiger partial charge in [-0.15, -0.1) is 0 Å². The lowest BCUT2D eigenvalue weighted by Gasteiger charge is -2.38. The Morgan fingerprint density at radius 3 is 2.94 bits per heavy atom. The van der Waals surface area contributed by atoms with Crippen molar-refractivity contribution in [3.05, 3.63) is 34.8 Å². The van der Waals surface area contributed by atoms with Crippen LogP contribution in [0.5, 0.6) is 5.75 Å². The van der Waals surface area contributed by atoms with E-state index in [1.807, 2.05) is 6.07 Å². The summed E-state index contributed by atoms with van der Waals surface area (Å²) < 4.78 is 7.18. The summed E-state index contributed by atoms with van der Waals surface area (Å²) >= 11 is 3.51. The van der Waals surface area contributed by atoms with Gasteiger partial charge in [-0.2, -0.15) is 0 Å². The van der Waals surface area contributed by atoms with E-state index in [2.05, 4.69) is 34.6 Å². The highest BCUT2D eigenvalue weighted by Gasteiger charge is 2.34. The molecule has 1 heterocycles. The van der Waals surface area contributed by atoms with Crippen LogP contribution in [0.15, 0.2) is 29.3 Å². The van der Waals surface area contributed by atoms with Gasteiger partial charge in [0, 0.05) is 16.0 Å². The zero-order valence-corrected chi connectivity index (χ0v) is 10.8. The number of hydrogen-bond donors (Lipinski definition) is 0. The fourth-order valence-electron chi connectivity index (χ4n) is 2.86. The van der Waals surface area contributed by atoms with E-state index in [0.717, 1.165) is 10.2 Å². The van der Waals surface area contributed by atoms with E-state index in [4.69, 9.17) is 4.74 Å². The molecule has 1 aliphatic heterocycles. The van der Waals surface area contributed by atoms with Crippen LogP contribution in [0.4, 0.5) is 0 Å². The smallest absolute Gasteiger partial charge is 0.127 e. The van der Waals surface area contributed by atoms with Gasteiger partial charge in [-0.05, 0) is 43.0 Å². The third-order valence-electron chi connectivity index (χ3n) is 3.72. The Morgan fingerprint density at radius 2 is 2.06 bits per heavy atom. The number of hydrogen-bond acceptors (Lipinski definition) is 1. The maximum absolute atomic E-state index is 6.08. The summed E-state index contributed by atoms with van der Waals surface area (Å²) in [7, 11) is 0. The minimum Gasteiger partial charge on any atom is -0.489 e. The van der Waals surface area contributed by atoms with Gasteiger partial charge in [-0.3, -0.25) is 0 Å². The standard InChI is InChI=1S/C14H15BrO/c1-9-11-4-2-3-5-13(11)16-14-7-6-10(15)8-12(9)14/h6-8,11,13H,1-5H2. The zero-order chi connectivity index (χ0) is 11.1. The summed E-state index contributed by atoms with van der Waals surface area (Å²) in [4.78, 5) is 0. The van der Waals surface area contributed by atoms with Crippen LogP contribution in [0.1, 0.15) is 31.2 Å². The van der Waals surface area contributed by atoms with Crippen LogP contribution in [0, 0.1) is 5.92 Å². The Labute approximate surface area is 105 Å². The lowest BCUT2D eigenvalue weighted by Crippen LogP contribution is -2.34. The Balaban J connectivity index is 2.03. The predicted octanol–water partition coefficient (Wildman–Crippen LogP) is 4.41. The summed E-state index contributed by atoms with van der Waals surface area (Å²) in [5.41, 5.74) is 2.46. The molecule has 0 N–H and O–H groups in total. The maximum Gasteiger partial charge on any atom is 0.127 e. The van der Waals surface area contributed by atoms with E-state index in [1.54, 1.807) is 0 Å². The van der Waals surface area contributed by atoms with Crippen molar-refractivity contribution in [2.24, 2.45) is 5.92 Å². The van der Waals surface area contributed by atoms with Crippen molar-refractivity contribution in [3.8, 4) is 5.75 Å². The highest BCUT2D eigenvalue weighted by molar-refractivity contribution is 9.10. The van der Waals surface area contributed by atoms with Crippen LogP contribution in [0.3, 0.4) is 0 Å². The van der Waals surface area contributed by atoms with E-state index in [1.165, 1.54) is 36.8 Å². The predicted molar refractivity (Wildman–Crippen MR) is 69.6 cm³/mol. The number of benzene rings is 1. The van der Waals surface area contributed by atoms with Crippen LogP contribution >= 0.6 is 15.9 Å². The van der Waals surface area contributed by atoms with Gasteiger partial charge in [-0.1, -0.05) is 28.9 Å². The lowest BCUT2D eigenvalue weighted by molar-refractivity contribution is 0.112. The zero-order valence-electron chi connectivity index (χ0n) is 9.21. The van der Waals surface area contributed by atoms with Crippen molar-refractivity contribution in [1.82, 2.24) is 0 Å². The van der Waals surface area contributed by atoms with E-state index in [9.17, 15) is 0 Å². The second-order valence-electron chi connectivity index (χ2n) is 4.71. The first-order chi connectivity index (χ1) is 7.75. The van der Waals surface area contributed by atoms with Gasteiger partial charge in [0.1, 0.15) is 11.9 Å². The summed E-state index contributed by atoms with van der Waals surface area (Å²) in [6.45, 7) is 4.28. The monoisotopic (exact) mass is 278 g/mol. The molecule has 2 aliphatic rings. The summed E-state index contributed by atoms with van der Waals surface area (Å²) in [5.74, 6) is 1.55. The lowest BCUT2D eigenvalue weighted by atomic mass is 9.77. The first kappa shape index (κ1) is 10.4. The summed E-state index contributed by atoms with van der Waals surface area (Å²) in [6.07, 6.45) is 5.39. The molecule has 0 spiro atoms. The Bertz CT molecular complexity index is 438. The largest absolute Gasteiger partial charge is 0.489 e. The Morgan fingerprint density at radius 1 is 1.25 bits per heavy atom. The van der Waals surface area contributed by atoms with Crippen LogP contribution in [0.2, 0.25) is 0 Å². The van der Waals surface area contributed by atoms with Gasteiger partial charge < -0.3 is 4.74 Å². The quantitative estimate of drug-likeness (QED) is 0.683. The van der Waals surface area contributed by atoms with Crippen LogP contribution in [0.25, 0.3) is 5.57 Å². The first-order valence-corrected chi connectivity index (χ1v) is 6.70. The van der Waals surface area contributed by atoms with Crippen LogP contribution in [-0.2, 0) is 0 Å². The molecule has 1 fully saturated rings. The maximum atomic E-state index is 6.08. The third kappa shape index (κ3) is 1.60. The molecule has 2 unspecified atom stereocenters. The van der Waals surface area contributed by atoms with Crippen molar-refractivity contribution < 1.29 is 4.74 Å². The molecule has 84 valence electrons. The highest BCUT2D eigenvalue weighted by atomic mass is 79.9. The fourth-order valence-corrected chi connectivity index (χ4v) is 3.22. The molecule has 1 aliphatic carbocycles. The molecular weight excluding hydrogens is 264 g/mol. The number of ether oxygens (including phenoxy) is 1. The molecule has 2 atom stereocenters. The molecule has 3 rings (SSSR count). The average molecular weight is 279 g/mol. The normalized spacial score (nSPS) is 27.9. The van der Waals surface area contributed by atoms with Crippen molar-refractivity contribution in [3.63, 3.8) is 0 Å². The second-order valence-corrected chi connectivity index (χ2v) is 5.63. The van der Waals surface area contributed by atoms with Gasteiger partial charge in [-0.25, -0.2) is 0 Å². The summed E-state index contributed by atoms with van der Waals surface area (Å²) in [6, 6.07) is 6.22. The van der Waals surface area contributed by atoms with Gasteiger partial charge in [0.05, 0.1) is 0 Å². The molecule has 1 aromatic rings. The molecule has 1 saturated carbocycles. The van der Waals surface area contributed by atoms with Crippen LogP contribution < -0.4 is 4.74 Å². The van der Waals surface area contributed by atoms with E-state index < -0.39 is 0 Å². The molecule has 16 heavy (non-hydrogen) atoms. The Kier molecular flexibility index (Phi) is 2.55. The van der Waals surface area contributed by atoms with Gasteiger partial charge in [0.15, 0.2) is 0 Å². The second kappa shape index (κ2) is 3.92. The van der Waals surface area contributed by atoms with Crippen molar-refractivity contribution in [2.75, 3.05) is 0 Å². The molecule has 0 aromatic heterocycles. The van der Waals surface area contributed by atoms with Gasteiger partial charge in [0.2, 0.25) is 0 Å². The topological polar surface area (TPSA) is 9.23 Å².